The SMILES string of the molecule is O=C(Nc1ccccc1-c1nc2ccccc2c(=O)o1)C(F)(F)F. The third kappa shape index (κ3) is 2.98. The molecule has 24 heavy (non-hydrogen) atoms. The summed E-state index contributed by atoms with van der Waals surface area (Å²) in [6, 6.07) is 12.0. The van der Waals surface area contributed by atoms with Gasteiger partial charge in [-0.25, -0.2) is 9.78 Å². The van der Waals surface area contributed by atoms with E-state index in [1.165, 1.54) is 30.3 Å². The average molecular weight is 334 g/mol. The third-order valence-corrected chi connectivity index (χ3v) is 3.20. The number of amides is 1. The Balaban J connectivity index is 2.11. The Morgan fingerprint density at radius 3 is 2.46 bits per heavy atom. The van der Waals surface area contributed by atoms with Crippen LogP contribution in [-0.2, 0) is 4.79 Å². The summed E-state index contributed by atoms with van der Waals surface area (Å²) in [6.07, 6.45) is -5.04. The summed E-state index contributed by atoms with van der Waals surface area (Å²) >= 11 is 0. The average Bonchev–Trinajstić information content (AvgIpc) is 2.54. The van der Waals surface area contributed by atoms with E-state index in [2.05, 4.69) is 4.98 Å². The molecule has 1 aromatic heterocycles. The lowest BCUT2D eigenvalue weighted by molar-refractivity contribution is -0.167. The standard InChI is InChI=1S/C16H9F3N2O3/c17-16(18,19)15(23)21-11-7-3-1-5-9(11)13-20-12-8-4-2-6-10(12)14(22)24-13/h1-8H,(H,21,23). The van der Waals surface area contributed by atoms with Gasteiger partial charge in [-0.05, 0) is 24.3 Å². The molecule has 0 atom stereocenters. The summed E-state index contributed by atoms with van der Waals surface area (Å²) in [4.78, 5) is 27.3. The van der Waals surface area contributed by atoms with Crippen LogP contribution < -0.4 is 10.9 Å². The fourth-order valence-corrected chi connectivity index (χ4v) is 2.11. The lowest BCUT2D eigenvalue weighted by atomic mass is 10.1. The molecule has 3 aromatic rings. The maximum Gasteiger partial charge on any atom is 0.471 e. The third-order valence-electron chi connectivity index (χ3n) is 3.20. The molecule has 122 valence electrons. The van der Waals surface area contributed by atoms with Gasteiger partial charge in [0.25, 0.3) is 0 Å². The van der Waals surface area contributed by atoms with Gasteiger partial charge in [0.1, 0.15) is 0 Å². The predicted molar refractivity (Wildman–Crippen MR) is 80.4 cm³/mol. The van der Waals surface area contributed by atoms with E-state index in [1.54, 1.807) is 23.5 Å². The Kier molecular flexibility index (Phi) is 3.80. The zero-order valence-electron chi connectivity index (χ0n) is 11.9. The molecule has 0 aliphatic heterocycles. The Morgan fingerprint density at radius 1 is 1.04 bits per heavy atom. The molecule has 2 aromatic carbocycles. The number of para-hydroxylation sites is 2. The highest BCUT2D eigenvalue weighted by molar-refractivity contribution is 5.98. The van der Waals surface area contributed by atoms with Gasteiger partial charge < -0.3 is 9.73 Å². The summed E-state index contributed by atoms with van der Waals surface area (Å²) in [7, 11) is 0. The first-order chi connectivity index (χ1) is 11.4. The fraction of sp³-hybridized carbons (Fsp3) is 0.0625. The summed E-state index contributed by atoms with van der Waals surface area (Å²) in [5.41, 5.74) is -0.433. The van der Waals surface area contributed by atoms with Crippen LogP contribution in [0.15, 0.2) is 57.7 Å². The molecule has 0 bridgehead atoms. The lowest BCUT2D eigenvalue weighted by Crippen LogP contribution is -2.30. The Hall–Kier alpha value is -3.16. The van der Waals surface area contributed by atoms with E-state index in [4.69, 9.17) is 4.42 Å². The highest BCUT2D eigenvalue weighted by Crippen LogP contribution is 2.28. The summed E-state index contributed by atoms with van der Waals surface area (Å²) < 4.78 is 42.4. The summed E-state index contributed by atoms with van der Waals surface area (Å²) in [6.45, 7) is 0. The second-order valence-corrected chi connectivity index (χ2v) is 4.82. The number of anilines is 1. The maximum absolute atomic E-state index is 12.4. The smallest absolute Gasteiger partial charge is 0.403 e. The molecule has 0 aliphatic carbocycles. The highest BCUT2D eigenvalue weighted by Gasteiger charge is 2.39. The van der Waals surface area contributed by atoms with Crippen molar-refractivity contribution in [2.75, 3.05) is 5.32 Å². The van der Waals surface area contributed by atoms with Gasteiger partial charge >= 0.3 is 17.7 Å². The number of carbonyl (C=O) groups excluding carboxylic acids is 1. The fourth-order valence-electron chi connectivity index (χ4n) is 2.11. The van der Waals surface area contributed by atoms with E-state index in [1.807, 2.05) is 0 Å². The second-order valence-electron chi connectivity index (χ2n) is 4.82. The molecule has 0 spiro atoms. The molecular weight excluding hydrogens is 325 g/mol. The number of rotatable bonds is 2. The van der Waals surface area contributed by atoms with Gasteiger partial charge in [-0.1, -0.05) is 24.3 Å². The topological polar surface area (TPSA) is 72.2 Å². The number of nitrogens with one attached hydrogen (secondary N) is 1. The number of fused-ring (bicyclic) bond motifs is 1. The molecule has 0 aliphatic rings. The quantitative estimate of drug-likeness (QED) is 0.780. The molecule has 0 radical (unpaired) electrons. The summed E-state index contributed by atoms with van der Waals surface area (Å²) in [5, 5.41) is 2.00. The van der Waals surface area contributed by atoms with Crippen LogP contribution in [0.25, 0.3) is 22.4 Å². The van der Waals surface area contributed by atoms with Gasteiger partial charge in [0.2, 0.25) is 5.89 Å². The molecule has 8 heteroatoms. The van der Waals surface area contributed by atoms with Crippen LogP contribution in [0, 0.1) is 0 Å². The van der Waals surface area contributed by atoms with Crippen LogP contribution in [-0.4, -0.2) is 17.1 Å². The van der Waals surface area contributed by atoms with E-state index in [9.17, 15) is 22.8 Å². The molecule has 0 unspecified atom stereocenters. The van der Waals surface area contributed by atoms with Crippen molar-refractivity contribution in [3.8, 4) is 11.5 Å². The van der Waals surface area contributed by atoms with Gasteiger partial charge in [-0.3, -0.25) is 4.79 Å². The van der Waals surface area contributed by atoms with E-state index < -0.39 is 17.7 Å². The zero-order chi connectivity index (χ0) is 17.3. The molecule has 0 saturated heterocycles. The van der Waals surface area contributed by atoms with Crippen molar-refractivity contribution >= 4 is 22.5 Å². The predicted octanol–water partition coefficient (Wildman–Crippen LogP) is 3.36. The number of halogens is 3. The molecular formula is C16H9F3N2O3. The van der Waals surface area contributed by atoms with Crippen molar-refractivity contribution in [1.82, 2.24) is 4.98 Å². The first-order valence-corrected chi connectivity index (χ1v) is 6.74. The van der Waals surface area contributed by atoms with Crippen LogP contribution in [0.2, 0.25) is 0 Å². The number of nitrogens with zero attached hydrogens (tertiary/aromatic N) is 1. The van der Waals surface area contributed by atoms with Crippen molar-refractivity contribution in [1.29, 1.82) is 0 Å². The van der Waals surface area contributed by atoms with E-state index >= 15 is 0 Å². The molecule has 1 heterocycles. The van der Waals surface area contributed by atoms with Crippen molar-refractivity contribution < 1.29 is 22.4 Å². The molecule has 0 fully saturated rings. The Labute approximate surface area is 132 Å². The number of benzene rings is 2. The number of hydrogen-bond donors (Lipinski definition) is 1. The van der Waals surface area contributed by atoms with Crippen molar-refractivity contribution in [2.24, 2.45) is 0 Å². The first-order valence-electron chi connectivity index (χ1n) is 6.74. The van der Waals surface area contributed by atoms with Crippen LogP contribution in [0.4, 0.5) is 18.9 Å². The molecule has 1 amide bonds. The van der Waals surface area contributed by atoms with Crippen molar-refractivity contribution in [3.63, 3.8) is 0 Å². The Bertz CT molecular complexity index is 980. The zero-order valence-corrected chi connectivity index (χ0v) is 11.9. The molecule has 0 saturated carbocycles. The number of aromatic nitrogens is 1. The van der Waals surface area contributed by atoms with Crippen LogP contribution >= 0.6 is 0 Å². The van der Waals surface area contributed by atoms with Crippen LogP contribution in [0.3, 0.4) is 0 Å². The second kappa shape index (κ2) is 5.80. The number of hydrogen-bond acceptors (Lipinski definition) is 4. The Morgan fingerprint density at radius 2 is 1.71 bits per heavy atom. The summed E-state index contributed by atoms with van der Waals surface area (Å²) in [5.74, 6) is -2.31. The van der Waals surface area contributed by atoms with Gasteiger partial charge in [0.15, 0.2) is 0 Å². The number of alkyl halides is 3. The minimum atomic E-state index is -5.04. The van der Waals surface area contributed by atoms with Crippen molar-refractivity contribution in [3.05, 3.63) is 59.0 Å². The van der Waals surface area contributed by atoms with Gasteiger partial charge in [0, 0.05) is 0 Å². The van der Waals surface area contributed by atoms with Gasteiger partial charge in [-0.2, -0.15) is 13.2 Å². The normalized spacial score (nSPS) is 11.5. The van der Waals surface area contributed by atoms with Gasteiger partial charge in [-0.15, -0.1) is 0 Å². The highest BCUT2D eigenvalue weighted by atomic mass is 19.4. The maximum atomic E-state index is 12.4. The van der Waals surface area contributed by atoms with Gasteiger partial charge in [0.05, 0.1) is 22.2 Å². The first kappa shape index (κ1) is 15.7. The van der Waals surface area contributed by atoms with Crippen LogP contribution in [0.1, 0.15) is 0 Å². The van der Waals surface area contributed by atoms with E-state index in [-0.39, 0.29) is 22.5 Å². The molecule has 3 rings (SSSR count). The largest absolute Gasteiger partial charge is 0.471 e. The minimum Gasteiger partial charge on any atom is -0.403 e. The minimum absolute atomic E-state index is 0.0675. The van der Waals surface area contributed by atoms with Crippen LogP contribution in [0.5, 0.6) is 0 Å². The molecule has 1 N–H and O–H groups in total. The van der Waals surface area contributed by atoms with E-state index in [0.717, 1.165) is 0 Å². The lowest BCUT2D eigenvalue weighted by Gasteiger charge is -2.11. The monoisotopic (exact) mass is 334 g/mol. The molecule has 5 nitrogen and oxygen atoms in total. The number of carbonyl (C=O) groups is 1. The van der Waals surface area contributed by atoms with E-state index in [0.29, 0.717) is 5.52 Å². The van der Waals surface area contributed by atoms with Crippen molar-refractivity contribution in [2.45, 2.75) is 6.18 Å².